The highest BCUT2D eigenvalue weighted by Gasteiger charge is 2.29. The Labute approximate surface area is 88.3 Å². The van der Waals surface area contributed by atoms with Gasteiger partial charge in [-0.25, -0.2) is 4.79 Å². The van der Waals surface area contributed by atoms with Crippen LogP contribution in [0.3, 0.4) is 0 Å². The minimum Gasteiger partial charge on any atom is -0.497 e. The van der Waals surface area contributed by atoms with Gasteiger partial charge in [-0.15, -0.1) is 0 Å². The topological polar surface area (TPSA) is 35.5 Å². The maximum Gasteiger partial charge on any atom is 0.334 e. The molecule has 1 aliphatic heterocycles. The van der Waals surface area contributed by atoms with E-state index in [0.29, 0.717) is 12.2 Å². The summed E-state index contributed by atoms with van der Waals surface area (Å²) in [5.41, 5.74) is 1.56. The van der Waals surface area contributed by atoms with E-state index in [1.165, 1.54) is 0 Å². The summed E-state index contributed by atoms with van der Waals surface area (Å²) in [6.07, 6.45) is 0. The Kier molecular flexibility index (Phi) is 2.46. The van der Waals surface area contributed by atoms with Gasteiger partial charge in [-0.1, -0.05) is 18.7 Å². The monoisotopic (exact) mass is 204 g/mol. The van der Waals surface area contributed by atoms with Gasteiger partial charge in [0.2, 0.25) is 0 Å². The summed E-state index contributed by atoms with van der Waals surface area (Å²) >= 11 is 0. The van der Waals surface area contributed by atoms with Crippen LogP contribution < -0.4 is 4.74 Å². The van der Waals surface area contributed by atoms with E-state index in [-0.39, 0.29) is 11.9 Å². The van der Waals surface area contributed by atoms with Gasteiger partial charge in [0.25, 0.3) is 0 Å². The van der Waals surface area contributed by atoms with E-state index >= 15 is 0 Å². The predicted octanol–water partition coefficient (Wildman–Crippen LogP) is 1.89. The molecule has 3 nitrogen and oxygen atoms in total. The van der Waals surface area contributed by atoms with Gasteiger partial charge in [0, 0.05) is 11.5 Å². The first kappa shape index (κ1) is 9.77. The van der Waals surface area contributed by atoms with Crippen molar-refractivity contribution in [3.8, 4) is 5.75 Å². The first-order valence-electron chi connectivity index (χ1n) is 4.72. The zero-order valence-electron chi connectivity index (χ0n) is 8.53. The van der Waals surface area contributed by atoms with Crippen molar-refractivity contribution in [2.45, 2.75) is 5.92 Å². The van der Waals surface area contributed by atoms with Crippen molar-refractivity contribution in [2.24, 2.45) is 0 Å². The van der Waals surface area contributed by atoms with E-state index in [1.807, 2.05) is 24.3 Å². The molecule has 1 aliphatic rings. The van der Waals surface area contributed by atoms with Crippen LogP contribution in [0.25, 0.3) is 0 Å². The molecule has 3 heteroatoms. The van der Waals surface area contributed by atoms with Crippen LogP contribution in [0.2, 0.25) is 0 Å². The zero-order valence-corrected chi connectivity index (χ0v) is 8.53. The fourth-order valence-electron chi connectivity index (χ4n) is 1.63. The van der Waals surface area contributed by atoms with Gasteiger partial charge in [0.1, 0.15) is 12.4 Å². The molecule has 0 radical (unpaired) electrons. The SMILES string of the molecule is C=C1C(=O)OCC1c1ccc(OC)cc1. The predicted molar refractivity (Wildman–Crippen MR) is 55.8 cm³/mol. The van der Waals surface area contributed by atoms with E-state index in [4.69, 9.17) is 9.47 Å². The maximum absolute atomic E-state index is 11.1. The molecule has 1 aromatic rings. The van der Waals surface area contributed by atoms with Crippen LogP contribution in [0.1, 0.15) is 11.5 Å². The average molecular weight is 204 g/mol. The Morgan fingerprint density at radius 1 is 1.40 bits per heavy atom. The second-order valence-corrected chi connectivity index (χ2v) is 3.45. The third kappa shape index (κ3) is 1.73. The van der Waals surface area contributed by atoms with Crippen LogP contribution in [0.4, 0.5) is 0 Å². The standard InChI is InChI=1S/C12H12O3/c1-8-11(7-15-12(8)13)9-3-5-10(14-2)6-4-9/h3-6,11H,1,7H2,2H3. The molecule has 0 aliphatic carbocycles. The molecule has 1 aromatic carbocycles. The number of rotatable bonds is 2. The Morgan fingerprint density at radius 2 is 2.07 bits per heavy atom. The van der Waals surface area contributed by atoms with E-state index in [0.717, 1.165) is 11.3 Å². The highest BCUT2D eigenvalue weighted by molar-refractivity contribution is 5.91. The van der Waals surface area contributed by atoms with Crippen molar-refractivity contribution < 1.29 is 14.3 Å². The zero-order chi connectivity index (χ0) is 10.8. The first-order chi connectivity index (χ1) is 7.22. The molecule has 0 saturated carbocycles. The molecule has 0 amide bonds. The maximum atomic E-state index is 11.1. The van der Waals surface area contributed by atoms with Crippen LogP contribution in [0, 0.1) is 0 Å². The summed E-state index contributed by atoms with van der Waals surface area (Å²) < 4.78 is 9.98. The summed E-state index contributed by atoms with van der Waals surface area (Å²) in [5.74, 6) is 0.494. The number of methoxy groups -OCH3 is 1. The third-order valence-corrected chi connectivity index (χ3v) is 2.58. The highest BCUT2D eigenvalue weighted by Crippen LogP contribution is 2.30. The molecule has 0 aromatic heterocycles. The fraction of sp³-hybridized carbons (Fsp3) is 0.250. The number of esters is 1. The van der Waals surface area contributed by atoms with Crippen LogP contribution in [-0.4, -0.2) is 19.7 Å². The number of carbonyl (C=O) groups excluding carboxylic acids is 1. The van der Waals surface area contributed by atoms with Crippen LogP contribution in [0.15, 0.2) is 36.4 Å². The molecule has 1 unspecified atom stereocenters. The second-order valence-electron chi connectivity index (χ2n) is 3.45. The summed E-state index contributed by atoms with van der Waals surface area (Å²) in [6.45, 7) is 4.12. The normalized spacial score (nSPS) is 20.2. The minimum atomic E-state index is -0.296. The lowest BCUT2D eigenvalue weighted by Gasteiger charge is -2.08. The van der Waals surface area contributed by atoms with Gasteiger partial charge in [-0.2, -0.15) is 0 Å². The summed E-state index contributed by atoms with van der Waals surface area (Å²) in [4.78, 5) is 11.1. The quantitative estimate of drug-likeness (QED) is 0.545. The first-order valence-corrected chi connectivity index (χ1v) is 4.72. The van der Waals surface area contributed by atoms with E-state index < -0.39 is 0 Å². The largest absolute Gasteiger partial charge is 0.497 e. The van der Waals surface area contributed by atoms with Gasteiger partial charge in [-0.05, 0) is 17.7 Å². The molecular weight excluding hydrogens is 192 g/mol. The Morgan fingerprint density at radius 3 is 2.53 bits per heavy atom. The van der Waals surface area contributed by atoms with Gasteiger partial charge < -0.3 is 9.47 Å². The number of hydrogen-bond donors (Lipinski definition) is 0. The van der Waals surface area contributed by atoms with Gasteiger partial charge in [-0.3, -0.25) is 0 Å². The highest BCUT2D eigenvalue weighted by atomic mass is 16.5. The summed E-state index contributed by atoms with van der Waals surface area (Å²) in [5, 5.41) is 0. The van der Waals surface area contributed by atoms with Gasteiger partial charge >= 0.3 is 5.97 Å². The van der Waals surface area contributed by atoms with Gasteiger partial charge in [0.05, 0.1) is 7.11 Å². The average Bonchev–Trinajstić information content (AvgIpc) is 2.60. The molecule has 0 bridgehead atoms. The van der Waals surface area contributed by atoms with Crippen LogP contribution in [-0.2, 0) is 9.53 Å². The van der Waals surface area contributed by atoms with E-state index in [1.54, 1.807) is 7.11 Å². The lowest BCUT2D eigenvalue weighted by Crippen LogP contribution is -2.00. The second kappa shape index (κ2) is 3.77. The van der Waals surface area contributed by atoms with Crippen molar-refractivity contribution >= 4 is 5.97 Å². The Bertz CT molecular complexity index is 392. The smallest absolute Gasteiger partial charge is 0.334 e. The van der Waals surface area contributed by atoms with Crippen molar-refractivity contribution in [2.75, 3.05) is 13.7 Å². The number of hydrogen-bond acceptors (Lipinski definition) is 3. The molecule has 78 valence electrons. The summed E-state index contributed by atoms with van der Waals surface area (Å²) in [7, 11) is 1.62. The lowest BCUT2D eigenvalue weighted by atomic mass is 9.95. The molecule has 15 heavy (non-hydrogen) atoms. The van der Waals surface area contributed by atoms with Crippen molar-refractivity contribution in [1.29, 1.82) is 0 Å². The van der Waals surface area contributed by atoms with E-state index in [9.17, 15) is 4.79 Å². The molecule has 0 spiro atoms. The van der Waals surface area contributed by atoms with Gasteiger partial charge in [0.15, 0.2) is 0 Å². The van der Waals surface area contributed by atoms with Crippen molar-refractivity contribution in [1.82, 2.24) is 0 Å². The minimum absolute atomic E-state index is 0.0107. The molecule has 1 fully saturated rings. The lowest BCUT2D eigenvalue weighted by molar-refractivity contribution is -0.135. The van der Waals surface area contributed by atoms with E-state index in [2.05, 4.69) is 6.58 Å². The molecule has 1 atom stereocenters. The number of benzene rings is 1. The summed E-state index contributed by atoms with van der Waals surface area (Å²) in [6, 6.07) is 7.59. The number of ether oxygens (including phenoxy) is 2. The molecule has 1 saturated heterocycles. The van der Waals surface area contributed by atoms with Crippen LogP contribution >= 0.6 is 0 Å². The Balaban J connectivity index is 2.23. The number of cyclic esters (lactones) is 1. The van der Waals surface area contributed by atoms with Crippen LogP contribution in [0.5, 0.6) is 5.75 Å². The fourth-order valence-corrected chi connectivity index (χ4v) is 1.63. The van der Waals surface area contributed by atoms with Crippen molar-refractivity contribution in [3.63, 3.8) is 0 Å². The molecular formula is C12H12O3. The molecule has 2 rings (SSSR count). The number of carbonyl (C=O) groups is 1. The molecule has 0 N–H and O–H groups in total. The third-order valence-electron chi connectivity index (χ3n) is 2.58. The van der Waals surface area contributed by atoms with Crippen molar-refractivity contribution in [3.05, 3.63) is 42.0 Å². The Hall–Kier alpha value is -1.77. The molecule has 1 heterocycles.